The summed E-state index contributed by atoms with van der Waals surface area (Å²) in [5.41, 5.74) is 2.99. The first kappa shape index (κ1) is 20.6. The third-order valence-corrected chi connectivity index (χ3v) is 4.74. The molecule has 2 aromatic rings. The lowest BCUT2D eigenvalue weighted by Crippen LogP contribution is -2.30. The molecule has 6 nitrogen and oxygen atoms in total. The number of methoxy groups -OCH3 is 1. The van der Waals surface area contributed by atoms with Crippen molar-refractivity contribution in [3.05, 3.63) is 87.7 Å². The number of halogens is 2. The van der Waals surface area contributed by atoms with Crippen LogP contribution in [0.3, 0.4) is 0 Å². The first-order valence-electron chi connectivity index (χ1n) is 8.55. The highest BCUT2D eigenvalue weighted by molar-refractivity contribution is 6.36. The summed E-state index contributed by atoms with van der Waals surface area (Å²) < 4.78 is 4.81. The molecule has 29 heavy (non-hydrogen) atoms. The standard InChI is InChI=1S/C21H17Cl2N3O3/c1-3-18(27)26-20(21(28)29-2)17-11-24-19(13-6-4-5-7-15(13)23)14-10-12(22)8-9-16(14)25-17/h3-10,25H,1,11H2,2H3,(H,26,27)/b20-17+. The van der Waals surface area contributed by atoms with Crippen LogP contribution in [-0.2, 0) is 14.3 Å². The van der Waals surface area contributed by atoms with E-state index >= 15 is 0 Å². The van der Waals surface area contributed by atoms with Gasteiger partial charge in [0.1, 0.15) is 5.70 Å². The van der Waals surface area contributed by atoms with Gasteiger partial charge >= 0.3 is 5.97 Å². The highest BCUT2D eigenvalue weighted by Gasteiger charge is 2.24. The number of carbonyl (C=O) groups excluding carboxylic acids is 2. The molecule has 1 amide bonds. The number of nitrogens with one attached hydrogen (secondary N) is 2. The molecule has 2 N–H and O–H groups in total. The summed E-state index contributed by atoms with van der Waals surface area (Å²) in [4.78, 5) is 28.8. The maximum atomic E-state index is 12.3. The first-order chi connectivity index (χ1) is 13.9. The van der Waals surface area contributed by atoms with Crippen molar-refractivity contribution in [1.29, 1.82) is 0 Å². The fraction of sp³-hybridized carbons (Fsp3) is 0.0952. The van der Waals surface area contributed by atoms with E-state index in [1.165, 1.54) is 7.11 Å². The van der Waals surface area contributed by atoms with Gasteiger partial charge in [0, 0.05) is 26.9 Å². The molecule has 0 aliphatic carbocycles. The van der Waals surface area contributed by atoms with E-state index in [0.29, 0.717) is 32.7 Å². The molecule has 2 aromatic carbocycles. The molecule has 0 atom stereocenters. The van der Waals surface area contributed by atoms with E-state index in [0.717, 1.165) is 11.6 Å². The number of esters is 1. The lowest BCUT2D eigenvalue weighted by Gasteiger charge is -2.15. The number of aliphatic imine (C=N–C) groups is 1. The summed E-state index contributed by atoms with van der Waals surface area (Å²) in [6.45, 7) is 3.47. The summed E-state index contributed by atoms with van der Waals surface area (Å²) in [6.07, 6.45) is 1.06. The third-order valence-electron chi connectivity index (χ3n) is 4.17. The molecule has 0 aromatic heterocycles. The van der Waals surface area contributed by atoms with E-state index in [1.807, 2.05) is 18.2 Å². The summed E-state index contributed by atoms with van der Waals surface area (Å²) in [5.74, 6) is -1.26. The van der Waals surface area contributed by atoms with Gasteiger partial charge in [0.2, 0.25) is 5.91 Å². The Bertz CT molecular complexity index is 1060. The second-order valence-corrected chi connectivity index (χ2v) is 6.84. The number of fused-ring (bicyclic) bond motifs is 1. The monoisotopic (exact) mass is 429 g/mol. The number of nitrogens with zero attached hydrogens (tertiary/aromatic N) is 1. The van der Waals surface area contributed by atoms with Crippen molar-refractivity contribution in [3.63, 3.8) is 0 Å². The second-order valence-electron chi connectivity index (χ2n) is 6.00. The maximum Gasteiger partial charge on any atom is 0.356 e. The van der Waals surface area contributed by atoms with Gasteiger partial charge in [0.15, 0.2) is 0 Å². The Morgan fingerprint density at radius 3 is 2.66 bits per heavy atom. The molecule has 1 aliphatic heterocycles. The topological polar surface area (TPSA) is 79.8 Å². The van der Waals surface area contributed by atoms with Crippen LogP contribution in [-0.4, -0.2) is 31.2 Å². The van der Waals surface area contributed by atoms with Gasteiger partial charge in [0.05, 0.1) is 25.1 Å². The van der Waals surface area contributed by atoms with Crippen molar-refractivity contribution in [2.24, 2.45) is 4.99 Å². The molecule has 0 saturated carbocycles. The van der Waals surface area contributed by atoms with Crippen LogP contribution in [0.1, 0.15) is 11.1 Å². The highest BCUT2D eigenvalue weighted by atomic mass is 35.5. The quantitative estimate of drug-likeness (QED) is 0.569. The van der Waals surface area contributed by atoms with Crippen molar-refractivity contribution in [3.8, 4) is 0 Å². The number of hydrogen-bond donors (Lipinski definition) is 2. The van der Waals surface area contributed by atoms with Crippen LogP contribution in [0.4, 0.5) is 5.69 Å². The predicted octanol–water partition coefficient (Wildman–Crippen LogP) is 3.94. The molecule has 8 heteroatoms. The summed E-state index contributed by atoms with van der Waals surface area (Å²) in [7, 11) is 1.23. The van der Waals surface area contributed by atoms with Crippen molar-refractivity contribution >= 4 is 46.5 Å². The molecule has 0 saturated heterocycles. The lowest BCUT2D eigenvalue weighted by molar-refractivity contribution is -0.137. The van der Waals surface area contributed by atoms with Gasteiger partial charge in [0.25, 0.3) is 0 Å². The first-order valence-corrected chi connectivity index (χ1v) is 9.31. The number of amides is 1. The van der Waals surface area contributed by atoms with Crippen molar-refractivity contribution in [2.45, 2.75) is 0 Å². The van der Waals surface area contributed by atoms with Gasteiger partial charge in [-0.3, -0.25) is 9.79 Å². The van der Waals surface area contributed by atoms with Gasteiger partial charge < -0.3 is 15.4 Å². The largest absolute Gasteiger partial charge is 0.464 e. The SMILES string of the molecule is C=CC(=O)N/C(C(=O)OC)=C1\CN=C(c2ccccc2Cl)c2cc(Cl)ccc2N1. The van der Waals surface area contributed by atoms with E-state index in [4.69, 9.17) is 27.9 Å². The molecule has 1 heterocycles. The number of hydrogen-bond acceptors (Lipinski definition) is 5. The van der Waals surface area contributed by atoms with E-state index in [-0.39, 0.29) is 12.2 Å². The predicted molar refractivity (Wildman–Crippen MR) is 114 cm³/mol. The van der Waals surface area contributed by atoms with Gasteiger partial charge in [-0.15, -0.1) is 0 Å². The normalized spacial score (nSPS) is 14.5. The Hall–Kier alpha value is -3.09. The minimum Gasteiger partial charge on any atom is -0.464 e. The zero-order valence-electron chi connectivity index (χ0n) is 15.5. The maximum absolute atomic E-state index is 12.3. The van der Waals surface area contributed by atoms with Crippen LogP contribution >= 0.6 is 23.2 Å². The Balaban J connectivity index is 2.20. The zero-order valence-corrected chi connectivity index (χ0v) is 17.0. The minimum absolute atomic E-state index is 0.0533. The van der Waals surface area contributed by atoms with Crippen molar-refractivity contribution in [1.82, 2.24) is 5.32 Å². The minimum atomic E-state index is -0.713. The summed E-state index contributed by atoms with van der Waals surface area (Å²) in [6, 6.07) is 12.5. The fourth-order valence-electron chi connectivity index (χ4n) is 2.82. The Morgan fingerprint density at radius 1 is 1.21 bits per heavy atom. The third kappa shape index (κ3) is 4.50. The van der Waals surface area contributed by atoms with Gasteiger partial charge in [-0.25, -0.2) is 4.79 Å². The number of ether oxygens (including phenoxy) is 1. The van der Waals surface area contributed by atoms with Gasteiger partial charge in [-0.1, -0.05) is 48.0 Å². The van der Waals surface area contributed by atoms with E-state index in [1.54, 1.807) is 24.3 Å². The molecule has 1 aliphatic rings. The van der Waals surface area contributed by atoms with E-state index in [2.05, 4.69) is 22.2 Å². The molecule has 148 valence electrons. The molecular weight excluding hydrogens is 413 g/mol. The molecule has 3 rings (SSSR count). The summed E-state index contributed by atoms with van der Waals surface area (Å²) >= 11 is 12.6. The average Bonchev–Trinajstić information content (AvgIpc) is 2.91. The Kier molecular flexibility index (Phi) is 6.36. The van der Waals surface area contributed by atoms with E-state index < -0.39 is 11.9 Å². The van der Waals surface area contributed by atoms with Crippen LogP contribution in [0.5, 0.6) is 0 Å². The molecular formula is C21H17Cl2N3O3. The molecule has 0 bridgehead atoms. The van der Waals surface area contributed by atoms with Crippen LogP contribution < -0.4 is 10.6 Å². The highest BCUT2D eigenvalue weighted by Crippen LogP contribution is 2.30. The van der Waals surface area contributed by atoms with Crippen LogP contribution in [0.15, 0.2) is 71.5 Å². The number of benzodiazepines with no additional fused rings is 1. The van der Waals surface area contributed by atoms with E-state index in [9.17, 15) is 9.59 Å². The molecule has 0 spiro atoms. The molecule has 0 fully saturated rings. The van der Waals surface area contributed by atoms with Crippen LogP contribution in [0, 0.1) is 0 Å². The molecule has 0 radical (unpaired) electrons. The fourth-order valence-corrected chi connectivity index (χ4v) is 3.22. The Morgan fingerprint density at radius 2 is 1.97 bits per heavy atom. The van der Waals surface area contributed by atoms with Crippen LogP contribution in [0.25, 0.3) is 0 Å². The lowest BCUT2D eigenvalue weighted by atomic mass is 10.0. The number of benzene rings is 2. The summed E-state index contributed by atoms with van der Waals surface area (Å²) in [5, 5.41) is 6.70. The number of anilines is 1. The number of rotatable bonds is 4. The zero-order chi connectivity index (χ0) is 21.0. The van der Waals surface area contributed by atoms with Crippen molar-refractivity contribution in [2.75, 3.05) is 19.0 Å². The average molecular weight is 430 g/mol. The smallest absolute Gasteiger partial charge is 0.356 e. The van der Waals surface area contributed by atoms with Crippen LogP contribution in [0.2, 0.25) is 10.0 Å². The van der Waals surface area contributed by atoms with Crippen molar-refractivity contribution < 1.29 is 14.3 Å². The van der Waals surface area contributed by atoms with Gasteiger partial charge in [-0.2, -0.15) is 0 Å². The molecule has 0 unspecified atom stereocenters. The number of carbonyl (C=O) groups is 2. The second kappa shape index (κ2) is 8.94. The van der Waals surface area contributed by atoms with Gasteiger partial charge in [-0.05, 0) is 30.3 Å². The Labute approximate surface area is 177 Å².